The van der Waals surface area contributed by atoms with Crippen LogP contribution in [0.25, 0.3) is 0 Å². The van der Waals surface area contributed by atoms with E-state index < -0.39 is 43.4 Å². The highest BCUT2D eigenvalue weighted by atomic mass is 19.4. The predicted octanol–water partition coefficient (Wildman–Crippen LogP) is 1.61. The van der Waals surface area contributed by atoms with Crippen molar-refractivity contribution in [2.24, 2.45) is 0 Å². The summed E-state index contributed by atoms with van der Waals surface area (Å²) in [6, 6.07) is 0. The Labute approximate surface area is 97.7 Å². The number of rotatable bonds is 2. The predicted molar refractivity (Wildman–Crippen MR) is 45.1 cm³/mol. The fourth-order valence-electron chi connectivity index (χ4n) is 1.38. The van der Waals surface area contributed by atoms with Crippen LogP contribution in [-0.2, 0) is 9.47 Å². The third kappa shape index (κ3) is 2.41. The van der Waals surface area contributed by atoms with Gasteiger partial charge in [0.25, 0.3) is 0 Å². The van der Waals surface area contributed by atoms with E-state index in [0.717, 1.165) is 0 Å². The minimum atomic E-state index is -5.81. The van der Waals surface area contributed by atoms with Gasteiger partial charge in [0.1, 0.15) is 6.10 Å². The summed E-state index contributed by atoms with van der Waals surface area (Å²) in [7, 11) is 0. The lowest BCUT2D eigenvalue weighted by atomic mass is 10.1. The molecule has 0 bridgehead atoms. The van der Waals surface area contributed by atoms with Gasteiger partial charge < -0.3 is 14.6 Å². The molecule has 1 fully saturated rings. The molecule has 0 spiro atoms. The Morgan fingerprint density at radius 1 is 1.28 bits per heavy atom. The summed E-state index contributed by atoms with van der Waals surface area (Å²) in [4.78, 5) is 0. The molecule has 0 amide bonds. The molecular weight excluding hydrogens is 270 g/mol. The SMILES string of the molecule is C#CCC(O)C1COC(C(F)(F)F)(C(F)(F)F)O1. The molecule has 1 rings (SSSR count). The Morgan fingerprint density at radius 2 is 1.78 bits per heavy atom. The fraction of sp³-hybridized carbons (Fsp3) is 0.778. The third-order valence-corrected chi connectivity index (χ3v) is 2.27. The van der Waals surface area contributed by atoms with Crippen molar-refractivity contribution < 1.29 is 40.9 Å². The Bertz CT molecular complexity index is 328. The molecule has 2 atom stereocenters. The fourth-order valence-corrected chi connectivity index (χ4v) is 1.38. The third-order valence-electron chi connectivity index (χ3n) is 2.27. The number of ether oxygens (including phenoxy) is 2. The van der Waals surface area contributed by atoms with Gasteiger partial charge in [-0.05, 0) is 0 Å². The molecule has 1 heterocycles. The van der Waals surface area contributed by atoms with E-state index in [2.05, 4.69) is 9.47 Å². The van der Waals surface area contributed by atoms with Crippen LogP contribution >= 0.6 is 0 Å². The first-order chi connectivity index (χ1) is 8.05. The first-order valence-corrected chi connectivity index (χ1v) is 4.62. The number of aliphatic hydroxyl groups is 1. The topological polar surface area (TPSA) is 38.7 Å². The molecule has 1 aliphatic rings. The van der Waals surface area contributed by atoms with Gasteiger partial charge in [0.15, 0.2) is 0 Å². The van der Waals surface area contributed by atoms with Crippen molar-refractivity contribution in [1.82, 2.24) is 0 Å². The van der Waals surface area contributed by atoms with Gasteiger partial charge in [-0.1, -0.05) is 0 Å². The lowest BCUT2D eigenvalue weighted by Crippen LogP contribution is -2.58. The van der Waals surface area contributed by atoms with Crippen molar-refractivity contribution in [1.29, 1.82) is 0 Å². The Hall–Kier alpha value is -0.980. The maximum atomic E-state index is 12.4. The lowest BCUT2D eigenvalue weighted by molar-refractivity contribution is -0.444. The molecule has 2 unspecified atom stereocenters. The molecule has 0 aromatic carbocycles. The van der Waals surface area contributed by atoms with Crippen molar-refractivity contribution in [3.63, 3.8) is 0 Å². The van der Waals surface area contributed by atoms with Crippen LogP contribution in [0.3, 0.4) is 0 Å². The summed E-state index contributed by atoms with van der Waals surface area (Å²) < 4.78 is 82.3. The number of alkyl halides is 6. The Balaban J connectivity index is 2.97. The average molecular weight is 278 g/mol. The van der Waals surface area contributed by atoms with Crippen LogP contribution in [0, 0.1) is 12.3 Å². The standard InChI is InChI=1S/C9H8F6O3/c1-2-3-5(16)6-4-17-7(18-6,8(10,11)12)9(13,14)15/h1,5-6,16H,3-4H2. The summed E-state index contributed by atoms with van der Waals surface area (Å²) in [5.74, 6) is -2.81. The highest BCUT2D eigenvalue weighted by Crippen LogP contribution is 2.50. The van der Waals surface area contributed by atoms with Crippen LogP contribution in [0.1, 0.15) is 6.42 Å². The van der Waals surface area contributed by atoms with Crippen molar-refractivity contribution in [2.45, 2.75) is 36.8 Å². The van der Waals surface area contributed by atoms with Crippen LogP contribution < -0.4 is 0 Å². The maximum absolute atomic E-state index is 12.4. The van der Waals surface area contributed by atoms with Crippen molar-refractivity contribution in [3.8, 4) is 12.3 Å². The molecule has 0 aromatic rings. The lowest BCUT2D eigenvalue weighted by Gasteiger charge is -2.31. The monoisotopic (exact) mass is 278 g/mol. The minimum Gasteiger partial charge on any atom is -0.389 e. The number of halogens is 6. The molecule has 9 heteroatoms. The first-order valence-electron chi connectivity index (χ1n) is 4.62. The smallest absolute Gasteiger partial charge is 0.389 e. The van der Waals surface area contributed by atoms with Gasteiger partial charge in [-0.15, -0.1) is 12.3 Å². The van der Waals surface area contributed by atoms with Gasteiger partial charge in [-0.3, -0.25) is 0 Å². The molecule has 0 saturated carbocycles. The van der Waals surface area contributed by atoms with Crippen LogP contribution in [0.4, 0.5) is 26.3 Å². The van der Waals surface area contributed by atoms with Crippen LogP contribution in [0.15, 0.2) is 0 Å². The maximum Gasteiger partial charge on any atom is 0.453 e. The van der Waals surface area contributed by atoms with Crippen molar-refractivity contribution >= 4 is 0 Å². The van der Waals surface area contributed by atoms with Gasteiger partial charge in [-0.25, -0.2) is 0 Å². The summed E-state index contributed by atoms with van der Waals surface area (Å²) >= 11 is 0. The molecular formula is C9H8F6O3. The molecule has 1 N–H and O–H groups in total. The molecule has 3 nitrogen and oxygen atoms in total. The number of hydrogen-bond donors (Lipinski definition) is 1. The zero-order valence-electron chi connectivity index (χ0n) is 8.68. The van der Waals surface area contributed by atoms with Crippen LogP contribution in [0.5, 0.6) is 0 Å². The zero-order valence-corrected chi connectivity index (χ0v) is 8.68. The van der Waals surface area contributed by atoms with E-state index in [1.54, 1.807) is 0 Å². The van der Waals surface area contributed by atoms with E-state index in [4.69, 9.17) is 6.42 Å². The zero-order chi connectivity index (χ0) is 14.2. The second kappa shape index (κ2) is 4.60. The second-order valence-corrected chi connectivity index (χ2v) is 3.56. The number of aliphatic hydroxyl groups excluding tert-OH is 1. The van der Waals surface area contributed by atoms with Gasteiger partial charge >= 0.3 is 18.1 Å². The summed E-state index contributed by atoms with van der Waals surface area (Å²) in [5.41, 5.74) is 0. The van der Waals surface area contributed by atoms with E-state index in [9.17, 15) is 31.4 Å². The van der Waals surface area contributed by atoms with Crippen LogP contribution in [0.2, 0.25) is 0 Å². The molecule has 0 radical (unpaired) electrons. The number of terminal acetylenes is 1. The normalized spacial score (nSPS) is 25.8. The highest BCUT2D eigenvalue weighted by molar-refractivity contribution is 4.96. The van der Waals surface area contributed by atoms with Crippen molar-refractivity contribution in [3.05, 3.63) is 0 Å². The van der Waals surface area contributed by atoms with E-state index in [-0.39, 0.29) is 0 Å². The largest absolute Gasteiger partial charge is 0.453 e. The Morgan fingerprint density at radius 3 is 2.11 bits per heavy atom. The average Bonchev–Trinajstić information content (AvgIpc) is 2.61. The summed E-state index contributed by atoms with van der Waals surface area (Å²) in [5, 5.41) is 9.23. The molecule has 1 aliphatic heterocycles. The second-order valence-electron chi connectivity index (χ2n) is 3.56. The van der Waals surface area contributed by atoms with Gasteiger partial charge in [-0.2, -0.15) is 26.3 Å². The van der Waals surface area contributed by atoms with E-state index >= 15 is 0 Å². The molecule has 1 saturated heterocycles. The van der Waals surface area contributed by atoms with E-state index in [1.165, 1.54) is 0 Å². The first kappa shape index (κ1) is 15.1. The molecule has 0 aromatic heterocycles. The highest BCUT2D eigenvalue weighted by Gasteiger charge is 2.77. The quantitative estimate of drug-likeness (QED) is 0.616. The van der Waals surface area contributed by atoms with Crippen molar-refractivity contribution in [2.75, 3.05) is 6.61 Å². The van der Waals surface area contributed by atoms with Gasteiger partial charge in [0, 0.05) is 6.42 Å². The van der Waals surface area contributed by atoms with E-state index in [0.29, 0.717) is 0 Å². The summed E-state index contributed by atoms with van der Waals surface area (Å²) in [6.45, 7) is -1.05. The van der Waals surface area contributed by atoms with Gasteiger partial charge in [0.2, 0.25) is 0 Å². The van der Waals surface area contributed by atoms with Crippen LogP contribution in [-0.4, -0.2) is 42.1 Å². The van der Waals surface area contributed by atoms with E-state index in [1.807, 2.05) is 5.92 Å². The molecule has 0 aliphatic carbocycles. The van der Waals surface area contributed by atoms with Gasteiger partial charge in [0.05, 0.1) is 12.7 Å². The molecule has 18 heavy (non-hydrogen) atoms. The molecule has 104 valence electrons. The summed E-state index contributed by atoms with van der Waals surface area (Å²) in [6.07, 6.45) is -10.7. The Kier molecular flexibility index (Phi) is 3.86. The number of hydrogen-bond acceptors (Lipinski definition) is 3. The minimum absolute atomic E-state index is 0.445.